The Morgan fingerprint density at radius 1 is 1.10 bits per heavy atom. The highest BCUT2D eigenvalue weighted by atomic mass is 19.2. The van der Waals surface area contributed by atoms with Gasteiger partial charge in [0.25, 0.3) is 5.91 Å². The van der Waals surface area contributed by atoms with Crippen molar-refractivity contribution in [3.05, 3.63) is 77.0 Å². The highest BCUT2D eigenvalue weighted by Gasteiger charge is 2.35. The third-order valence-corrected chi connectivity index (χ3v) is 6.69. The number of benzene rings is 2. The lowest BCUT2D eigenvalue weighted by Gasteiger charge is -2.21. The molecule has 208 valence electrons. The van der Waals surface area contributed by atoms with Crippen molar-refractivity contribution in [2.24, 2.45) is 0 Å². The van der Waals surface area contributed by atoms with Gasteiger partial charge < -0.3 is 15.4 Å². The molecule has 3 aromatic rings. The number of likely N-dealkylation sites (tertiary alicyclic amines) is 1. The van der Waals surface area contributed by atoms with E-state index in [0.29, 0.717) is 48.9 Å². The number of urea groups is 1. The van der Waals surface area contributed by atoms with E-state index in [4.69, 9.17) is 4.74 Å². The summed E-state index contributed by atoms with van der Waals surface area (Å²) in [6.45, 7) is 7.61. The number of hydrogen-bond donors (Lipinski definition) is 3. The van der Waals surface area contributed by atoms with Crippen molar-refractivity contribution in [2.75, 3.05) is 38.7 Å². The van der Waals surface area contributed by atoms with Gasteiger partial charge in [0, 0.05) is 44.3 Å². The minimum atomic E-state index is -0.930. The van der Waals surface area contributed by atoms with Crippen molar-refractivity contribution < 1.29 is 23.1 Å². The average Bonchev–Trinajstić information content (AvgIpc) is 3.45. The standard InChI is InChI=1S/C28H34F2N6O3/c1-17(2)31-27(37)25-18(3)26(36(34-25)20-8-6-5-7-9-20)33-28(38)32-24-16-35(12-13-39-4)15-21(24)19-10-11-22(29)23(30)14-19/h5-11,14,17,21,24H,12-13,15-16H2,1-4H3,(H,31,37)(H2,32,33,38). The molecule has 1 fully saturated rings. The van der Waals surface area contributed by atoms with Crippen LogP contribution in [0.4, 0.5) is 19.4 Å². The van der Waals surface area contributed by atoms with E-state index in [9.17, 15) is 18.4 Å². The van der Waals surface area contributed by atoms with Gasteiger partial charge in [0.1, 0.15) is 5.82 Å². The molecule has 3 amide bonds. The summed E-state index contributed by atoms with van der Waals surface area (Å²) in [6, 6.07) is 12.0. The summed E-state index contributed by atoms with van der Waals surface area (Å²) < 4.78 is 34.4. The summed E-state index contributed by atoms with van der Waals surface area (Å²) >= 11 is 0. The predicted molar refractivity (Wildman–Crippen MR) is 144 cm³/mol. The van der Waals surface area contributed by atoms with Crippen LogP contribution in [-0.4, -0.2) is 72.1 Å². The molecule has 4 rings (SSSR count). The fraction of sp³-hybridized carbons (Fsp3) is 0.393. The van der Waals surface area contributed by atoms with Crippen LogP contribution in [0.3, 0.4) is 0 Å². The Bertz CT molecular complexity index is 1310. The van der Waals surface area contributed by atoms with Crippen LogP contribution in [-0.2, 0) is 4.74 Å². The molecular weight excluding hydrogens is 506 g/mol. The number of carbonyl (C=O) groups excluding carboxylic acids is 2. The molecule has 1 aliphatic heterocycles. The summed E-state index contributed by atoms with van der Waals surface area (Å²) in [5.74, 6) is -2.11. The minimum absolute atomic E-state index is 0.0878. The Morgan fingerprint density at radius 3 is 2.51 bits per heavy atom. The van der Waals surface area contributed by atoms with E-state index in [0.717, 1.165) is 6.07 Å². The summed E-state index contributed by atoms with van der Waals surface area (Å²) in [5, 5.41) is 13.2. The molecule has 2 aromatic carbocycles. The van der Waals surface area contributed by atoms with Gasteiger partial charge in [-0.2, -0.15) is 5.10 Å². The summed E-state index contributed by atoms with van der Waals surface area (Å²) in [7, 11) is 1.61. The van der Waals surface area contributed by atoms with Gasteiger partial charge >= 0.3 is 6.03 Å². The van der Waals surface area contributed by atoms with Gasteiger partial charge in [-0.25, -0.2) is 18.3 Å². The number of anilines is 1. The number of carbonyl (C=O) groups is 2. The predicted octanol–water partition coefficient (Wildman–Crippen LogP) is 3.83. The molecule has 1 aromatic heterocycles. The fourth-order valence-electron chi connectivity index (χ4n) is 4.77. The van der Waals surface area contributed by atoms with Gasteiger partial charge in [-0.15, -0.1) is 0 Å². The van der Waals surface area contributed by atoms with Gasteiger partial charge in [-0.3, -0.25) is 15.0 Å². The summed E-state index contributed by atoms with van der Waals surface area (Å²) in [4.78, 5) is 28.3. The Morgan fingerprint density at radius 2 is 1.85 bits per heavy atom. The first-order valence-electron chi connectivity index (χ1n) is 12.9. The Hall–Kier alpha value is -3.83. The number of nitrogens with one attached hydrogen (secondary N) is 3. The minimum Gasteiger partial charge on any atom is -0.383 e. The number of amides is 3. The Balaban J connectivity index is 1.59. The van der Waals surface area contributed by atoms with E-state index in [1.807, 2.05) is 44.2 Å². The van der Waals surface area contributed by atoms with Crippen LogP contribution in [0.15, 0.2) is 48.5 Å². The van der Waals surface area contributed by atoms with E-state index in [1.165, 1.54) is 10.7 Å². The lowest BCUT2D eigenvalue weighted by molar-refractivity contribution is 0.0937. The largest absolute Gasteiger partial charge is 0.383 e. The smallest absolute Gasteiger partial charge is 0.320 e. The fourth-order valence-corrected chi connectivity index (χ4v) is 4.77. The third-order valence-electron chi connectivity index (χ3n) is 6.69. The lowest BCUT2D eigenvalue weighted by Crippen LogP contribution is -2.42. The third kappa shape index (κ3) is 6.61. The number of methoxy groups -OCH3 is 1. The SMILES string of the molecule is COCCN1CC(NC(=O)Nc2c(C)c(C(=O)NC(C)C)nn2-c2ccccc2)C(c2ccc(F)c(F)c2)C1. The number of hydrogen-bond acceptors (Lipinski definition) is 5. The van der Waals surface area contributed by atoms with Crippen molar-refractivity contribution in [1.29, 1.82) is 0 Å². The first-order chi connectivity index (χ1) is 18.7. The molecule has 11 heteroatoms. The molecular formula is C28H34F2N6O3. The second-order valence-electron chi connectivity index (χ2n) is 9.94. The topological polar surface area (TPSA) is 101 Å². The quantitative estimate of drug-likeness (QED) is 0.383. The van der Waals surface area contributed by atoms with Crippen molar-refractivity contribution >= 4 is 17.8 Å². The van der Waals surface area contributed by atoms with E-state index < -0.39 is 17.7 Å². The second-order valence-corrected chi connectivity index (χ2v) is 9.94. The van der Waals surface area contributed by atoms with Gasteiger partial charge in [0.2, 0.25) is 0 Å². The highest BCUT2D eigenvalue weighted by Crippen LogP contribution is 2.29. The van der Waals surface area contributed by atoms with Gasteiger partial charge in [0.15, 0.2) is 17.3 Å². The van der Waals surface area contributed by atoms with Gasteiger partial charge in [-0.1, -0.05) is 24.3 Å². The van der Waals surface area contributed by atoms with Crippen LogP contribution in [0.2, 0.25) is 0 Å². The summed E-state index contributed by atoms with van der Waals surface area (Å²) in [6.07, 6.45) is 0. The normalized spacial score (nSPS) is 17.4. The summed E-state index contributed by atoms with van der Waals surface area (Å²) in [5.41, 5.74) is 1.98. The molecule has 39 heavy (non-hydrogen) atoms. The lowest BCUT2D eigenvalue weighted by atomic mass is 9.94. The van der Waals surface area contributed by atoms with Crippen molar-refractivity contribution in [2.45, 2.75) is 38.8 Å². The number of nitrogens with zero attached hydrogens (tertiary/aromatic N) is 3. The molecule has 0 spiro atoms. The molecule has 0 bridgehead atoms. The molecule has 1 aliphatic rings. The maximum Gasteiger partial charge on any atom is 0.320 e. The molecule has 2 unspecified atom stereocenters. The molecule has 2 atom stereocenters. The van der Waals surface area contributed by atoms with Crippen LogP contribution in [0.1, 0.15) is 41.4 Å². The van der Waals surface area contributed by atoms with Crippen LogP contribution in [0.5, 0.6) is 0 Å². The number of para-hydroxylation sites is 1. The highest BCUT2D eigenvalue weighted by molar-refractivity contribution is 5.97. The number of aromatic nitrogens is 2. The number of halogens is 2. The van der Waals surface area contributed by atoms with E-state index in [-0.39, 0.29) is 29.6 Å². The van der Waals surface area contributed by atoms with Crippen LogP contribution < -0.4 is 16.0 Å². The molecule has 9 nitrogen and oxygen atoms in total. The van der Waals surface area contributed by atoms with Crippen LogP contribution in [0.25, 0.3) is 5.69 Å². The zero-order valence-corrected chi connectivity index (χ0v) is 22.5. The Kier molecular flexibility index (Phi) is 8.93. The molecule has 1 saturated heterocycles. The van der Waals surface area contributed by atoms with E-state index in [2.05, 4.69) is 25.9 Å². The molecule has 0 radical (unpaired) electrons. The zero-order valence-electron chi connectivity index (χ0n) is 22.5. The van der Waals surface area contributed by atoms with E-state index >= 15 is 0 Å². The van der Waals surface area contributed by atoms with Crippen LogP contribution >= 0.6 is 0 Å². The number of rotatable bonds is 9. The molecule has 0 saturated carbocycles. The first-order valence-corrected chi connectivity index (χ1v) is 12.9. The monoisotopic (exact) mass is 540 g/mol. The maximum absolute atomic E-state index is 14.1. The second kappa shape index (κ2) is 12.4. The van der Waals surface area contributed by atoms with Crippen molar-refractivity contribution in [3.63, 3.8) is 0 Å². The van der Waals surface area contributed by atoms with Gasteiger partial charge in [0.05, 0.1) is 18.3 Å². The molecule has 2 heterocycles. The molecule has 0 aliphatic carbocycles. The van der Waals surface area contributed by atoms with E-state index in [1.54, 1.807) is 20.1 Å². The first kappa shape index (κ1) is 28.2. The average molecular weight is 541 g/mol. The maximum atomic E-state index is 14.1. The zero-order chi connectivity index (χ0) is 28.1. The Labute approximate surface area is 226 Å². The van der Waals surface area contributed by atoms with Crippen molar-refractivity contribution in [1.82, 2.24) is 25.3 Å². The van der Waals surface area contributed by atoms with Crippen molar-refractivity contribution in [3.8, 4) is 5.69 Å². The number of ether oxygens (including phenoxy) is 1. The molecule has 3 N–H and O–H groups in total. The van der Waals surface area contributed by atoms with Crippen LogP contribution in [0, 0.1) is 18.6 Å². The van der Waals surface area contributed by atoms with Gasteiger partial charge in [-0.05, 0) is 50.6 Å².